The summed E-state index contributed by atoms with van der Waals surface area (Å²) in [6.45, 7) is 0. The topological polar surface area (TPSA) is 71.3 Å². The van der Waals surface area contributed by atoms with Crippen molar-refractivity contribution in [2.45, 2.75) is 38.3 Å². The number of anilines is 2. The molecule has 1 aromatic heterocycles. The van der Waals surface area contributed by atoms with Crippen molar-refractivity contribution in [3.8, 4) is 0 Å². The Labute approximate surface area is 153 Å². The minimum Gasteiger partial charge on any atom is -0.459 e. The Kier molecular flexibility index (Phi) is 5.53. The standard InChI is InChI=1S/C19H19F3N2O3/c20-19(21,22)13-9-14(23-17(25)12-5-2-1-3-6-12)11-15(10-13)24-18(26)16-7-4-8-27-16/h4,7-12H,1-3,5-6H2,(H,23,25)(H,24,26). The van der Waals surface area contributed by atoms with Crippen LogP contribution in [-0.2, 0) is 11.0 Å². The SMILES string of the molecule is O=C(Nc1cc(NC(=O)C2CCCCC2)cc(C(F)(F)F)c1)c1ccco1. The third kappa shape index (κ3) is 4.90. The number of benzene rings is 1. The van der Waals surface area contributed by atoms with Crippen molar-refractivity contribution in [3.05, 3.63) is 47.9 Å². The maximum Gasteiger partial charge on any atom is 0.416 e. The van der Waals surface area contributed by atoms with E-state index < -0.39 is 17.6 Å². The molecule has 27 heavy (non-hydrogen) atoms. The third-order valence-electron chi connectivity index (χ3n) is 4.51. The summed E-state index contributed by atoms with van der Waals surface area (Å²) in [6.07, 6.45) is 1.07. The van der Waals surface area contributed by atoms with Crippen LogP contribution in [0.25, 0.3) is 0 Å². The molecule has 0 saturated heterocycles. The van der Waals surface area contributed by atoms with E-state index in [1.54, 1.807) is 0 Å². The van der Waals surface area contributed by atoms with Gasteiger partial charge in [-0.3, -0.25) is 9.59 Å². The van der Waals surface area contributed by atoms with Crippen LogP contribution in [0.2, 0.25) is 0 Å². The van der Waals surface area contributed by atoms with E-state index in [4.69, 9.17) is 4.42 Å². The Morgan fingerprint density at radius 3 is 2.26 bits per heavy atom. The van der Waals surface area contributed by atoms with E-state index in [-0.39, 0.29) is 29.0 Å². The van der Waals surface area contributed by atoms with Gasteiger partial charge in [0.05, 0.1) is 11.8 Å². The quantitative estimate of drug-likeness (QED) is 0.778. The van der Waals surface area contributed by atoms with Gasteiger partial charge in [0.15, 0.2) is 5.76 Å². The molecule has 0 bridgehead atoms. The van der Waals surface area contributed by atoms with E-state index in [9.17, 15) is 22.8 Å². The van der Waals surface area contributed by atoms with E-state index in [0.29, 0.717) is 0 Å². The van der Waals surface area contributed by atoms with Crippen LogP contribution in [0.4, 0.5) is 24.5 Å². The van der Waals surface area contributed by atoms with Crippen LogP contribution in [0, 0.1) is 5.92 Å². The first kappa shape index (κ1) is 19.0. The zero-order valence-corrected chi connectivity index (χ0v) is 14.4. The highest BCUT2D eigenvalue weighted by molar-refractivity contribution is 6.03. The summed E-state index contributed by atoms with van der Waals surface area (Å²) in [7, 11) is 0. The van der Waals surface area contributed by atoms with E-state index in [0.717, 1.165) is 44.2 Å². The second kappa shape index (κ2) is 7.85. The monoisotopic (exact) mass is 380 g/mol. The zero-order chi connectivity index (χ0) is 19.4. The number of carbonyl (C=O) groups excluding carboxylic acids is 2. The molecule has 0 radical (unpaired) electrons. The van der Waals surface area contributed by atoms with Crippen molar-refractivity contribution >= 4 is 23.2 Å². The molecular weight excluding hydrogens is 361 g/mol. The maximum absolute atomic E-state index is 13.2. The first-order valence-electron chi connectivity index (χ1n) is 8.71. The number of amides is 2. The van der Waals surface area contributed by atoms with Gasteiger partial charge in [-0.25, -0.2) is 0 Å². The molecule has 0 aliphatic heterocycles. The lowest BCUT2D eigenvalue weighted by Gasteiger charge is -2.21. The molecule has 3 rings (SSSR count). The average Bonchev–Trinajstić information content (AvgIpc) is 3.16. The lowest BCUT2D eigenvalue weighted by molar-refractivity contribution is -0.137. The molecule has 1 aliphatic carbocycles. The molecule has 2 amide bonds. The fourth-order valence-electron chi connectivity index (χ4n) is 3.15. The number of furan rings is 1. The lowest BCUT2D eigenvalue weighted by Crippen LogP contribution is -2.25. The minimum absolute atomic E-state index is 0.00450. The number of hydrogen-bond acceptors (Lipinski definition) is 3. The number of carbonyl (C=O) groups is 2. The van der Waals surface area contributed by atoms with Crippen molar-refractivity contribution in [1.82, 2.24) is 0 Å². The smallest absolute Gasteiger partial charge is 0.416 e. The maximum atomic E-state index is 13.2. The highest BCUT2D eigenvalue weighted by atomic mass is 19.4. The molecule has 1 heterocycles. The molecule has 1 aliphatic rings. The summed E-state index contributed by atoms with van der Waals surface area (Å²) >= 11 is 0. The summed E-state index contributed by atoms with van der Waals surface area (Å²) in [5, 5.41) is 4.92. The molecule has 144 valence electrons. The second-order valence-electron chi connectivity index (χ2n) is 6.55. The average molecular weight is 380 g/mol. The van der Waals surface area contributed by atoms with Crippen molar-refractivity contribution in [3.63, 3.8) is 0 Å². The molecule has 1 saturated carbocycles. The highest BCUT2D eigenvalue weighted by Crippen LogP contribution is 2.34. The van der Waals surface area contributed by atoms with Crippen LogP contribution in [0.1, 0.15) is 48.2 Å². The molecule has 8 heteroatoms. The van der Waals surface area contributed by atoms with Gasteiger partial charge in [0, 0.05) is 17.3 Å². The summed E-state index contributed by atoms with van der Waals surface area (Å²) in [5.74, 6) is -1.20. The molecule has 0 spiro atoms. The molecule has 0 unspecified atom stereocenters. The van der Waals surface area contributed by atoms with E-state index in [1.807, 2.05) is 0 Å². The number of rotatable bonds is 4. The number of nitrogens with one attached hydrogen (secondary N) is 2. The van der Waals surface area contributed by atoms with Crippen molar-refractivity contribution in [2.75, 3.05) is 10.6 Å². The van der Waals surface area contributed by atoms with Gasteiger partial charge in [0.1, 0.15) is 0 Å². The molecular formula is C19H19F3N2O3. The van der Waals surface area contributed by atoms with Crippen LogP contribution in [0.5, 0.6) is 0 Å². The van der Waals surface area contributed by atoms with Crippen LogP contribution in [0.3, 0.4) is 0 Å². The Morgan fingerprint density at radius 1 is 1.00 bits per heavy atom. The predicted octanol–water partition coefficient (Wildman–Crippen LogP) is 5.07. The first-order chi connectivity index (χ1) is 12.8. The van der Waals surface area contributed by atoms with Gasteiger partial charge in [-0.2, -0.15) is 13.2 Å². The number of alkyl halides is 3. The fourth-order valence-corrected chi connectivity index (χ4v) is 3.15. The van der Waals surface area contributed by atoms with Gasteiger partial charge >= 0.3 is 6.18 Å². The lowest BCUT2D eigenvalue weighted by atomic mass is 9.88. The van der Waals surface area contributed by atoms with Crippen LogP contribution < -0.4 is 10.6 Å². The molecule has 0 atom stereocenters. The largest absolute Gasteiger partial charge is 0.459 e. The summed E-state index contributed by atoms with van der Waals surface area (Å²) in [6, 6.07) is 5.88. The van der Waals surface area contributed by atoms with Gasteiger partial charge in [-0.05, 0) is 43.2 Å². The van der Waals surface area contributed by atoms with E-state index in [2.05, 4.69) is 10.6 Å². The van der Waals surface area contributed by atoms with Crippen molar-refractivity contribution in [1.29, 1.82) is 0 Å². The van der Waals surface area contributed by atoms with Gasteiger partial charge < -0.3 is 15.1 Å². The Morgan fingerprint density at radius 2 is 1.67 bits per heavy atom. The van der Waals surface area contributed by atoms with Gasteiger partial charge in [0.2, 0.25) is 5.91 Å². The summed E-state index contributed by atoms with van der Waals surface area (Å²) in [4.78, 5) is 24.4. The molecule has 1 fully saturated rings. The zero-order valence-electron chi connectivity index (χ0n) is 14.4. The number of hydrogen-bond donors (Lipinski definition) is 2. The summed E-state index contributed by atoms with van der Waals surface area (Å²) in [5.41, 5.74) is -1.04. The summed E-state index contributed by atoms with van der Waals surface area (Å²) < 4.78 is 44.6. The molecule has 1 aromatic carbocycles. The second-order valence-corrected chi connectivity index (χ2v) is 6.55. The molecule has 2 N–H and O–H groups in total. The van der Waals surface area contributed by atoms with Gasteiger partial charge in [-0.1, -0.05) is 19.3 Å². The first-order valence-corrected chi connectivity index (χ1v) is 8.71. The predicted molar refractivity (Wildman–Crippen MR) is 93.3 cm³/mol. The minimum atomic E-state index is -4.62. The van der Waals surface area contributed by atoms with E-state index in [1.165, 1.54) is 24.5 Å². The number of halogens is 3. The van der Waals surface area contributed by atoms with Crippen molar-refractivity contribution in [2.24, 2.45) is 5.92 Å². The van der Waals surface area contributed by atoms with Crippen LogP contribution in [0.15, 0.2) is 41.0 Å². The highest BCUT2D eigenvalue weighted by Gasteiger charge is 2.32. The van der Waals surface area contributed by atoms with Crippen LogP contribution in [-0.4, -0.2) is 11.8 Å². The van der Waals surface area contributed by atoms with Gasteiger partial charge in [0.25, 0.3) is 5.91 Å². The van der Waals surface area contributed by atoms with Gasteiger partial charge in [-0.15, -0.1) is 0 Å². The van der Waals surface area contributed by atoms with Crippen molar-refractivity contribution < 1.29 is 27.2 Å². The molecule has 5 nitrogen and oxygen atoms in total. The Hall–Kier alpha value is -2.77. The third-order valence-corrected chi connectivity index (χ3v) is 4.51. The van der Waals surface area contributed by atoms with E-state index >= 15 is 0 Å². The normalized spacial score (nSPS) is 15.4. The molecule has 2 aromatic rings. The Bertz CT molecular complexity index is 810. The Balaban J connectivity index is 1.82. The van der Waals surface area contributed by atoms with Crippen LogP contribution >= 0.6 is 0 Å². The fraction of sp³-hybridized carbons (Fsp3) is 0.368.